The molecule has 0 atom stereocenters. The van der Waals surface area contributed by atoms with Crippen LogP contribution in [0.4, 0.5) is 11.4 Å². The molecule has 1 heterocycles. The third-order valence-corrected chi connectivity index (χ3v) is 2.79. The smallest absolute Gasteiger partial charge is 0.328 e. The van der Waals surface area contributed by atoms with Crippen molar-refractivity contribution in [3.63, 3.8) is 0 Å². The van der Waals surface area contributed by atoms with Gasteiger partial charge in [0.05, 0.1) is 26.0 Å². The summed E-state index contributed by atoms with van der Waals surface area (Å²) in [5.74, 6) is 1.16. The zero-order chi connectivity index (χ0) is 15.4. The molecule has 7 nitrogen and oxygen atoms in total. The van der Waals surface area contributed by atoms with E-state index in [0.717, 1.165) is 5.69 Å². The minimum absolute atomic E-state index is 0.105. The number of hydrogen-bond donors (Lipinski definition) is 1. The van der Waals surface area contributed by atoms with Crippen LogP contribution in [0.25, 0.3) is 0 Å². The maximum atomic E-state index is 5.92. The molecule has 2 N–H and O–H groups in total. The summed E-state index contributed by atoms with van der Waals surface area (Å²) in [6.07, 6.45) is 0. The first-order chi connectivity index (χ1) is 10.0. The molecular weight excluding hydrogens is 272 g/mol. The van der Waals surface area contributed by atoms with E-state index in [1.165, 1.54) is 14.2 Å². The highest BCUT2D eigenvalue weighted by atomic mass is 16.5. The fourth-order valence-corrected chi connectivity index (χ4v) is 1.63. The second-order valence-electron chi connectivity index (χ2n) is 4.45. The molecule has 0 saturated carbocycles. The van der Waals surface area contributed by atoms with E-state index in [1.807, 2.05) is 31.1 Å². The third-order valence-electron chi connectivity index (χ3n) is 2.79. The van der Waals surface area contributed by atoms with Crippen molar-refractivity contribution in [2.45, 2.75) is 0 Å². The first-order valence-electron chi connectivity index (χ1n) is 6.25. The number of ether oxygens (including phenoxy) is 3. The van der Waals surface area contributed by atoms with Gasteiger partial charge in [0.2, 0.25) is 11.8 Å². The Morgan fingerprint density at radius 2 is 1.62 bits per heavy atom. The summed E-state index contributed by atoms with van der Waals surface area (Å²) in [6.45, 7) is 0. The van der Waals surface area contributed by atoms with E-state index < -0.39 is 0 Å². The molecule has 112 valence electrons. The van der Waals surface area contributed by atoms with Crippen LogP contribution in [0.2, 0.25) is 0 Å². The average Bonchev–Trinajstić information content (AvgIpc) is 2.48. The van der Waals surface area contributed by atoms with Gasteiger partial charge in [0, 0.05) is 25.8 Å². The van der Waals surface area contributed by atoms with Crippen molar-refractivity contribution in [2.75, 3.05) is 38.9 Å². The summed E-state index contributed by atoms with van der Waals surface area (Å²) >= 11 is 0. The molecule has 0 amide bonds. The number of nitrogen functional groups attached to an aromatic ring is 1. The fourth-order valence-electron chi connectivity index (χ4n) is 1.63. The molecule has 2 aromatic rings. The molecule has 0 spiro atoms. The summed E-state index contributed by atoms with van der Waals surface area (Å²) in [5.41, 5.74) is 7.36. The van der Waals surface area contributed by atoms with Crippen LogP contribution < -0.4 is 24.8 Å². The predicted molar refractivity (Wildman–Crippen MR) is 80.4 cm³/mol. The Labute approximate surface area is 123 Å². The first kappa shape index (κ1) is 14.7. The first-order valence-corrected chi connectivity index (χ1v) is 6.25. The van der Waals surface area contributed by atoms with Crippen molar-refractivity contribution in [1.29, 1.82) is 0 Å². The van der Waals surface area contributed by atoms with Gasteiger partial charge in [-0.2, -0.15) is 9.97 Å². The van der Waals surface area contributed by atoms with Crippen LogP contribution in [0, 0.1) is 0 Å². The van der Waals surface area contributed by atoms with E-state index in [-0.39, 0.29) is 6.01 Å². The summed E-state index contributed by atoms with van der Waals surface area (Å²) in [7, 11) is 6.87. The van der Waals surface area contributed by atoms with Crippen molar-refractivity contribution >= 4 is 11.4 Å². The van der Waals surface area contributed by atoms with E-state index in [4.69, 9.17) is 19.9 Å². The lowest BCUT2D eigenvalue weighted by molar-refractivity contribution is 0.348. The van der Waals surface area contributed by atoms with Gasteiger partial charge < -0.3 is 24.8 Å². The number of rotatable bonds is 5. The number of benzene rings is 1. The number of anilines is 2. The molecule has 7 heteroatoms. The zero-order valence-electron chi connectivity index (χ0n) is 12.5. The molecule has 0 bridgehead atoms. The Morgan fingerprint density at radius 3 is 2.14 bits per heavy atom. The summed E-state index contributed by atoms with van der Waals surface area (Å²) in [6, 6.07) is 7.14. The second kappa shape index (κ2) is 6.17. The SMILES string of the molecule is COc1cc(OC)nc(Oc2cc(N(C)C)ccc2N)n1. The molecule has 0 radical (unpaired) electrons. The van der Waals surface area contributed by atoms with Gasteiger partial charge in [-0.05, 0) is 12.1 Å². The largest absolute Gasteiger partial charge is 0.481 e. The van der Waals surface area contributed by atoms with Crippen LogP contribution in [-0.4, -0.2) is 38.3 Å². The van der Waals surface area contributed by atoms with Gasteiger partial charge in [0.15, 0.2) is 5.75 Å². The van der Waals surface area contributed by atoms with Crippen molar-refractivity contribution in [3.05, 3.63) is 24.3 Å². The van der Waals surface area contributed by atoms with Crippen molar-refractivity contribution in [3.8, 4) is 23.5 Å². The highest BCUT2D eigenvalue weighted by Gasteiger charge is 2.10. The monoisotopic (exact) mass is 290 g/mol. The molecule has 2 rings (SSSR count). The lowest BCUT2D eigenvalue weighted by Crippen LogP contribution is -2.09. The second-order valence-corrected chi connectivity index (χ2v) is 4.45. The van der Waals surface area contributed by atoms with Gasteiger partial charge in [-0.15, -0.1) is 0 Å². The number of aromatic nitrogens is 2. The quantitative estimate of drug-likeness (QED) is 0.842. The molecule has 21 heavy (non-hydrogen) atoms. The lowest BCUT2D eigenvalue weighted by atomic mass is 10.2. The van der Waals surface area contributed by atoms with Gasteiger partial charge in [-0.1, -0.05) is 0 Å². The van der Waals surface area contributed by atoms with Gasteiger partial charge in [0.25, 0.3) is 0 Å². The number of hydrogen-bond acceptors (Lipinski definition) is 7. The topological polar surface area (TPSA) is 82.7 Å². The van der Waals surface area contributed by atoms with E-state index >= 15 is 0 Å². The van der Waals surface area contributed by atoms with E-state index in [1.54, 1.807) is 12.1 Å². The molecule has 0 fully saturated rings. The molecular formula is C14H18N4O3. The molecule has 0 saturated heterocycles. The van der Waals surface area contributed by atoms with Gasteiger partial charge in [0.1, 0.15) is 0 Å². The van der Waals surface area contributed by atoms with Crippen molar-refractivity contribution < 1.29 is 14.2 Å². The van der Waals surface area contributed by atoms with Crippen LogP contribution >= 0.6 is 0 Å². The lowest BCUT2D eigenvalue weighted by Gasteiger charge is -2.15. The summed E-state index contributed by atoms with van der Waals surface area (Å²) < 4.78 is 15.8. The summed E-state index contributed by atoms with van der Waals surface area (Å²) in [5, 5.41) is 0. The Kier molecular flexibility index (Phi) is 4.32. The van der Waals surface area contributed by atoms with Crippen LogP contribution in [0.15, 0.2) is 24.3 Å². The third kappa shape index (κ3) is 3.44. The molecule has 0 unspecified atom stereocenters. The normalized spacial score (nSPS) is 10.1. The minimum atomic E-state index is 0.105. The van der Waals surface area contributed by atoms with Crippen LogP contribution in [-0.2, 0) is 0 Å². The maximum Gasteiger partial charge on any atom is 0.328 e. The number of methoxy groups -OCH3 is 2. The predicted octanol–water partition coefficient (Wildman–Crippen LogP) is 1.93. The Balaban J connectivity index is 2.35. The van der Waals surface area contributed by atoms with E-state index in [2.05, 4.69) is 9.97 Å². The van der Waals surface area contributed by atoms with Gasteiger partial charge in [-0.25, -0.2) is 0 Å². The highest BCUT2D eigenvalue weighted by molar-refractivity contribution is 5.62. The number of nitrogens with zero attached hydrogens (tertiary/aromatic N) is 3. The standard InChI is InChI=1S/C14H18N4O3/c1-18(2)9-5-6-10(15)11(7-9)21-14-16-12(19-3)8-13(17-14)20-4/h5-8H,15H2,1-4H3. The molecule has 1 aromatic heterocycles. The van der Waals surface area contributed by atoms with Gasteiger partial charge >= 0.3 is 6.01 Å². The fraction of sp³-hybridized carbons (Fsp3) is 0.286. The van der Waals surface area contributed by atoms with Gasteiger partial charge in [-0.3, -0.25) is 0 Å². The van der Waals surface area contributed by atoms with Crippen LogP contribution in [0.1, 0.15) is 0 Å². The Morgan fingerprint density at radius 1 is 1.00 bits per heavy atom. The van der Waals surface area contributed by atoms with Crippen LogP contribution in [0.5, 0.6) is 23.5 Å². The summed E-state index contributed by atoms with van der Waals surface area (Å²) in [4.78, 5) is 10.2. The molecule has 0 aliphatic heterocycles. The molecule has 0 aliphatic carbocycles. The van der Waals surface area contributed by atoms with Crippen molar-refractivity contribution in [1.82, 2.24) is 9.97 Å². The molecule has 1 aromatic carbocycles. The Hall–Kier alpha value is -2.70. The molecule has 0 aliphatic rings. The van der Waals surface area contributed by atoms with Crippen molar-refractivity contribution in [2.24, 2.45) is 0 Å². The minimum Gasteiger partial charge on any atom is -0.481 e. The maximum absolute atomic E-state index is 5.92. The Bertz CT molecular complexity index is 609. The van der Waals surface area contributed by atoms with E-state index in [0.29, 0.717) is 23.2 Å². The average molecular weight is 290 g/mol. The number of nitrogens with two attached hydrogens (primary N) is 1. The van der Waals surface area contributed by atoms with E-state index in [9.17, 15) is 0 Å². The van der Waals surface area contributed by atoms with Crippen LogP contribution in [0.3, 0.4) is 0 Å². The zero-order valence-corrected chi connectivity index (χ0v) is 12.5. The highest BCUT2D eigenvalue weighted by Crippen LogP contribution is 2.31.